The Balaban J connectivity index is 0.000000572. The van der Waals surface area contributed by atoms with Crippen LogP contribution in [0.5, 0.6) is 5.75 Å². The Morgan fingerprint density at radius 1 is 1.11 bits per heavy atom. The molecule has 0 aliphatic carbocycles. The maximum absolute atomic E-state index is 12.9. The Hall–Kier alpha value is -1.35. The summed E-state index contributed by atoms with van der Waals surface area (Å²) < 4.78 is 37.8. The Bertz CT molecular complexity index is 1070. The number of fused-ring (bicyclic) bond motifs is 1. The molecule has 1 unspecified atom stereocenters. The van der Waals surface area contributed by atoms with Crippen molar-refractivity contribution < 1.29 is 27.6 Å². The molecule has 0 saturated carbocycles. The number of thiocarbonyl (C=S) groups is 1. The molecule has 2 N–H and O–H groups in total. The predicted octanol–water partition coefficient (Wildman–Crippen LogP) is 3.64. The van der Waals surface area contributed by atoms with Gasteiger partial charge in [-0.25, -0.2) is 0 Å². The molecular formula is C23H35N3O6S4. The summed E-state index contributed by atoms with van der Waals surface area (Å²) in [5.41, 5.74) is 0.791. The van der Waals surface area contributed by atoms with Crippen LogP contribution < -0.4 is 9.64 Å². The van der Waals surface area contributed by atoms with E-state index in [1.807, 2.05) is 23.1 Å². The fourth-order valence-electron chi connectivity index (χ4n) is 3.53. The summed E-state index contributed by atoms with van der Waals surface area (Å²) in [5, 5.41) is 8.89. The topological polar surface area (TPSA) is 111 Å². The van der Waals surface area contributed by atoms with E-state index < -0.39 is 15.4 Å². The lowest BCUT2D eigenvalue weighted by atomic mass is 10.2. The Labute approximate surface area is 228 Å². The number of amides is 1. The first-order valence-corrected chi connectivity index (χ1v) is 15.3. The Kier molecular flexibility index (Phi) is 12.0. The van der Waals surface area contributed by atoms with Gasteiger partial charge in [0.25, 0.3) is 16.0 Å². The van der Waals surface area contributed by atoms with Crippen LogP contribution in [0.25, 0.3) is 0 Å². The molecule has 13 heteroatoms. The van der Waals surface area contributed by atoms with Gasteiger partial charge in [0.1, 0.15) is 20.0 Å². The average molecular weight is 578 g/mol. The minimum absolute atomic E-state index is 0.118. The maximum Gasteiger partial charge on any atom is 0.268 e. The van der Waals surface area contributed by atoms with Gasteiger partial charge >= 0.3 is 0 Å². The van der Waals surface area contributed by atoms with Gasteiger partial charge in [-0.2, -0.15) is 8.42 Å². The average Bonchev–Trinajstić information content (AvgIpc) is 3.34. The van der Waals surface area contributed by atoms with Gasteiger partial charge in [-0.1, -0.05) is 56.5 Å². The first-order valence-electron chi connectivity index (χ1n) is 11.7. The fraction of sp³-hybridized carbons (Fsp3) is 0.565. The molecule has 1 amide bonds. The van der Waals surface area contributed by atoms with Crippen LogP contribution >= 0.6 is 35.7 Å². The number of hydrogen-bond donors (Lipinski definition) is 2. The predicted molar refractivity (Wildman–Crippen MR) is 151 cm³/mol. The summed E-state index contributed by atoms with van der Waals surface area (Å²) >= 11 is 7.83. The maximum atomic E-state index is 12.9. The molecule has 36 heavy (non-hydrogen) atoms. The van der Waals surface area contributed by atoms with Gasteiger partial charge in [-0.15, -0.1) is 0 Å². The zero-order valence-corrected chi connectivity index (χ0v) is 24.5. The third-order valence-electron chi connectivity index (χ3n) is 5.89. The van der Waals surface area contributed by atoms with Crippen LogP contribution in [0.15, 0.2) is 33.0 Å². The van der Waals surface area contributed by atoms with Crippen LogP contribution in [0, 0.1) is 0 Å². The van der Waals surface area contributed by atoms with Crippen molar-refractivity contribution in [3.05, 3.63) is 28.1 Å². The highest BCUT2D eigenvalue weighted by Gasteiger charge is 2.39. The van der Waals surface area contributed by atoms with Gasteiger partial charge in [0.2, 0.25) is 0 Å². The van der Waals surface area contributed by atoms with E-state index in [0.29, 0.717) is 20.0 Å². The normalized spacial score (nSPS) is 18.4. The minimum atomic E-state index is -4.16. The third kappa shape index (κ3) is 7.59. The first kappa shape index (κ1) is 30.9. The van der Waals surface area contributed by atoms with Crippen LogP contribution in [-0.2, 0) is 14.9 Å². The number of thioether (sulfide) groups is 2. The number of rotatable bonds is 10. The van der Waals surface area contributed by atoms with Crippen LogP contribution in [-0.4, -0.2) is 89.8 Å². The number of aliphatic hydroxyl groups excluding tert-OH is 1. The van der Waals surface area contributed by atoms with Crippen molar-refractivity contribution >= 4 is 61.8 Å². The first-order chi connectivity index (χ1) is 17.0. The molecule has 1 atom stereocenters. The monoisotopic (exact) mass is 577 g/mol. The number of anilines is 1. The molecule has 1 aromatic carbocycles. The quantitative estimate of drug-likeness (QED) is 0.242. The summed E-state index contributed by atoms with van der Waals surface area (Å²) in [5.74, 6) is 0.343. The zero-order chi connectivity index (χ0) is 27.0. The van der Waals surface area contributed by atoms with Crippen LogP contribution in [0.2, 0.25) is 0 Å². The number of nitrogens with zero attached hydrogens (tertiary/aromatic N) is 3. The number of carbonyl (C=O) groups is 1. The standard InChI is InChI=1S/C17H20N2O6S4.C6H15N/c1-10(29(22,23)24)5-6-18-12-9-11(25-2)3-4-13(12)27-16(18)14-15(21)19(7-8-20)17(26)28-14;1-4-7(5-2)6-3/h3-4,9-10,20H,5-8H2,1-2H3,(H,22,23,24);4-6H2,1-3H3. The Morgan fingerprint density at radius 2 is 1.75 bits per heavy atom. The molecule has 202 valence electrons. The summed E-state index contributed by atoms with van der Waals surface area (Å²) in [6.07, 6.45) is 0.163. The molecule has 0 aromatic heterocycles. The van der Waals surface area contributed by atoms with Crippen molar-refractivity contribution in [2.45, 2.75) is 44.3 Å². The van der Waals surface area contributed by atoms with Gasteiger partial charge in [0.15, 0.2) is 0 Å². The van der Waals surface area contributed by atoms with Gasteiger partial charge in [-0.3, -0.25) is 14.2 Å². The van der Waals surface area contributed by atoms with Gasteiger partial charge in [0.05, 0.1) is 31.2 Å². The van der Waals surface area contributed by atoms with Crippen LogP contribution in [0.4, 0.5) is 5.69 Å². The molecule has 2 aliphatic heterocycles. The summed E-state index contributed by atoms with van der Waals surface area (Å²) in [6, 6.07) is 5.51. The van der Waals surface area contributed by atoms with Crippen molar-refractivity contribution in [1.82, 2.24) is 9.80 Å². The SMILES string of the molecule is CCN(CC)CC.COc1ccc2c(c1)N(CCC(C)S(=O)(=O)O)C(=C1SC(=S)N(CCO)C1=O)S2. The fourth-order valence-corrected chi connectivity index (χ4v) is 6.56. The summed E-state index contributed by atoms with van der Waals surface area (Å²) in [7, 11) is -2.61. The lowest BCUT2D eigenvalue weighted by Gasteiger charge is -2.23. The van der Waals surface area contributed by atoms with Crippen molar-refractivity contribution in [3.63, 3.8) is 0 Å². The molecule has 9 nitrogen and oxygen atoms in total. The van der Waals surface area contributed by atoms with Crippen molar-refractivity contribution in [1.29, 1.82) is 0 Å². The highest BCUT2D eigenvalue weighted by molar-refractivity contribution is 8.27. The number of hydrogen-bond acceptors (Lipinski definition) is 10. The van der Waals surface area contributed by atoms with E-state index in [1.165, 1.54) is 43.2 Å². The number of ether oxygens (including phenoxy) is 1. The number of aliphatic hydroxyl groups is 1. The number of β-amino-alcohol motifs (C(OH)–C–C–N with tert-alkyl or cyclic N) is 1. The molecule has 0 radical (unpaired) electrons. The highest BCUT2D eigenvalue weighted by Crippen LogP contribution is 2.51. The van der Waals surface area contributed by atoms with Crippen molar-refractivity contribution in [2.24, 2.45) is 0 Å². The molecule has 1 saturated heterocycles. The van der Waals surface area contributed by atoms with E-state index in [-0.39, 0.29) is 32.0 Å². The third-order valence-corrected chi connectivity index (χ3v) is 9.89. The number of benzene rings is 1. The smallest absolute Gasteiger partial charge is 0.268 e. The van der Waals surface area contributed by atoms with Crippen LogP contribution in [0.3, 0.4) is 0 Å². The highest BCUT2D eigenvalue weighted by atomic mass is 32.2. The van der Waals surface area contributed by atoms with Gasteiger partial charge in [-0.05, 0) is 45.1 Å². The minimum Gasteiger partial charge on any atom is -0.497 e. The second-order valence-electron chi connectivity index (χ2n) is 8.00. The molecule has 2 aliphatic rings. The molecular weight excluding hydrogens is 543 g/mol. The molecule has 2 heterocycles. The van der Waals surface area contributed by atoms with E-state index in [0.717, 1.165) is 22.3 Å². The number of carbonyl (C=O) groups excluding carboxylic acids is 1. The van der Waals surface area contributed by atoms with Gasteiger partial charge in [0, 0.05) is 17.5 Å². The molecule has 3 rings (SSSR count). The molecule has 1 aromatic rings. The van der Waals surface area contributed by atoms with Crippen molar-refractivity contribution in [3.8, 4) is 5.75 Å². The van der Waals surface area contributed by atoms with E-state index in [2.05, 4.69) is 25.7 Å². The van der Waals surface area contributed by atoms with E-state index >= 15 is 0 Å². The second-order valence-corrected chi connectivity index (χ2v) is 12.5. The van der Waals surface area contributed by atoms with E-state index in [9.17, 15) is 22.9 Å². The van der Waals surface area contributed by atoms with Gasteiger partial charge < -0.3 is 19.6 Å². The van der Waals surface area contributed by atoms with E-state index in [4.69, 9.17) is 17.0 Å². The summed E-state index contributed by atoms with van der Waals surface area (Å²) in [4.78, 5) is 19.8. The molecule has 0 spiro atoms. The van der Waals surface area contributed by atoms with E-state index in [1.54, 1.807) is 7.11 Å². The number of methoxy groups -OCH3 is 1. The Morgan fingerprint density at radius 3 is 2.25 bits per heavy atom. The molecule has 1 fully saturated rings. The molecule has 0 bridgehead atoms. The largest absolute Gasteiger partial charge is 0.497 e. The van der Waals surface area contributed by atoms with Crippen LogP contribution in [0.1, 0.15) is 34.1 Å². The van der Waals surface area contributed by atoms with Crippen molar-refractivity contribution in [2.75, 3.05) is 51.3 Å². The lowest BCUT2D eigenvalue weighted by Crippen LogP contribution is -2.32. The zero-order valence-electron chi connectivity index (χ0n) is 21.3. The summed E-state index contributed by atoms with van der Waals surface area (Å²) in [6.45, 7) is 11.8. The lowest BCUT2D eigenvalue weighted by molar-refractivity contribution is -0.122. The second kappa shape index (κ2) is 14.0.